The molecule has 0 amide bonds. The van der Waals surface area contributed by atoms with Crippen molar-refractivity contribution in [3.63, 3.8) is 0 Å². The highest BCUT2D eigenvalue weighted by Crippen LogP contribution is 2.23. The van der Waals surface area contributed by atoms with Crippen LogP contribution in [0.15, 0.2) is 18.2 Å². The average Bonchev–Trinajstić information content (AvgIpc) is 2.77. The minimum atomic E-state index is 0.415. The summed E-state index contributed by atoms with van der Waals surface area (Å²) in [5.41, 5.74) is 2.07. The molecule has 110 valence electrons. The Morgan fingerprint density at radius 2 is 2.15 bits per heavy atom. The molecule has 0 saturated heterocycles. The molecule has 20 heavy (non-hydrogen) atoms. The summed E-state index contributed by atoms with van der Waals surface area (Å²) in [4.78, 5) is 4.67. The van der Waals surface area contributed by atoms with Gasteiger partial charge < -0.3 is 14.0 Å². The molecule has 0 radical (unpaired) electrons. The first-order chi connectivity index (χ1) is 9.69. The van der Waals surface area contributed by atoms with E-state index in [1.807, 2.05) is 18.2 Å². The van der Waals surface area contributed by atoms with Crippen LogP contribution in [0.3, 0.4) is 0 Å². The first-order valence-electron chi connectivity index (χ1n) is 6.77. The lowest BCUT2D eigenvalue weighted by Crippen LogP contribution is -2.15. The maximum Gasteiger partial charge on any atom is 0.121 e. The molecule has 0 aliphatic carbocycles. The molecule has 0 N–H and O–H groups in total. The van der Waals surface area contributed by atoms with Crippen LogP contribution in [0.5, 0.6) is 5.75 Å². The van der Waals surface area contributed by atoms with E-state index in [-0.39, 0.29) is 0 Å². The number of methoxy groups -OCH3 is 2. The number of rotatable bonds is 7. The standard InChI is InChI=1S/C15H21ClN2O2/c1-11(10-19-2)9-18-14-8-12(20-3)4-5-13(14)17-15(18)6-7-16/h4-5,8,11H,6-7,9-10H2,1-3H3. The van der Waals surface area contributed by atoms with Crippen molar-refractivity contribution in [2.45, 2.75) is 19.9 Å². The summed E-state index contributed by atoms with van der Waals surface area (Å²) in [6.07, 6.45) is 0.762. The number of halogens is 1. The van der Waals surface area contributed by atoms with Gasteiger partial charge in [0.2, 0.25) is 0 Å². The van der Waals surface area contributed by atoms with E-state index in [4.69, 9.17) is 21.1 Å². The molecule has 1 heterocycles. The van der Waals surface area contributed by atoms with Crippen molar-refractivity contribution < 1.29 is 9.47 Å². The zero-order valence-electron chi connectivity index (χ0n) is 12.2. The van der Waals surface area contributed by atoms with Crippen LogP contribution in [0.4, 0.5) is 0 Å². The van der Waals surface area contributed by atoms with Crippen LogP contribution in [0.1, 0.15) is 12.7 Å². The normalized spacial score (nSPS) is 12.8. The molecule has 0 spiro atoms. The number of imidazole rings is 1. The van der Waals surface area contributed by atoms with Gasteiger partial charge in [0.25, 0.3) is 0 Å². The van der Waals surface area contributed by atoms with E-state index in [1.165, 1.54) is 0 Å². The molecule has 4 nitrogen and oxygen atoms in total. The number of fused-ring (bicyclic) bond motifs is 1. The molecular formula is C15H21ClN2O2. The van der Waals surface area contributed by atoms with Gasteiger partial charge in [0, 0.05) is 32.0 Å². The Balaban J connectivity index is 2.42. The largest absolute Gasteiger partial charge is 0.497 e. The van der Waals surface area contributed by atoms with Crippen molar-refractivity contribution in [1.29, 1.82) is 0 Å². The lowest BCUT2D eigenvalue weighted by Gasteiger charge is -2.14. The van der Waals surface area contributed by atoms with E-state index in [0.29, 0.717) is 11.8 Å². The molecule has 1 atom stereocenters. The summed E-state index contributed by atoms with van der Waals surface area (Å²) in [5, 5.41) is 0. The van der Waals surface area contributed by atoms with Crippen LogP contribution in [0.25, 0.3) is 11.0 Å². The number of ether oxygens (including phenoxy) is 2. The van der Waals surface area contributed by atoms with E-state index in [9.17, 15) is 0 Å². The SMILES string of the molecule is COCC(C)Cn1c(CCCl)nc2ccc(OC)cc21. The third-order valence-electron chi connectivity index (χ3n) is 3.30. The Hall–Kier alpha value is -1.26. The summed E-state index contributed by atoms with van der Waals surface area (Å²) < 4.78 is 12.8. The number of nitrogens with zero attached hydrogens (tertiary/aromatic N) is 2. The van der Waals surface area contributed by atoms with Gasteiger partial charge in [-0.05, 0) is 18.1 Å². The van der Waals surface area contributed by atoms with Crippen LogP contribution in [-0.4, -0.2) is 36.3 Å². The Labute approximate surface area is 124 Å². The Morgan fingerprint density at radius 3 is 2.80 bits per heavy atom. The maximum atomic E-state index is 5.89. The molecule has 1 aromatic carbocycles. The fraction of sp³-hybridized carbons (Fsp3) is 0.533. The zero-order chi connectivity index (χ0) is 14.5. The lowest BCUT2D eigenvalue weighted by atomic mass is 10.2. The lowest BCUT2D eigenvalue weighted by molar-refractivity contribution is 0.151. The summed E-state index contributed by atoms with van der Waals surface area (Å²) in [6.45, 7) is 3.76. The monoisotopic (exact) mass is 296 g/mol. The van der Waals surface area contributed by atoms with Gasteiger partial charge in [-0.2, -0.15) is 0 Å². The highest BCUT2D eigenvalue weighted by molar-refractivity contribution is 6.17. The van der Waals surface area contributed by atoms with Crippen LogP contribution in [-0.2, 0) is 17.7 Å². The smallest absolute Gasteiger partial charge is 0.121 e. The Bertz CT molecular complexity index is 568. The second-order valence-electron chi connectivity index (χ2n) is 4.99. The fourth-order valence-corrected chi connectivity index (χ4v) is 2.58. The first-order valence-corrected chi connectivity index (χ1v) is 7.31. The van der Waals surface area contributed by atoms with Gasteiger partial charge in [-0.15, -0.1) is 11.6 Å². The molecule has 0 aliphatic heterocycles. The van der Waals surface area contributed by atoms with Crippen molar-refractivity contribution in [1.82, 2.24) is 9.55 Å². The van der Waals surface area contributed by atoms with Crippen molar-refractivity contribution in [2.24, 2.45) is 5.92 Å². The third kappa shape index (κ3) is 3.25. The highest BCUT2D eigenvalue weighted by Gasteiger charge is 2.13. The molecule has 1 unspecified atom stereocenters. The quantitative estimate of drug-likeness (QED) is 0.737. The Kier molecular flexibility index (Phi) is 5.26. The molecular weight excluding hydrogens is 276 g/mol. The molecule has 2 rings (SSSR count). The molecule has 0 fully saturated rings. The van der Waals surface area contributed by atoms with Gasteiger partial charge in [0.1, 0.15) is 11.6 Å². The van der Waals surface area contributed by atoms with E-state index >= 15 is 0 Å². The zero-order valence-corrected chi connectivity index (χ0v) is 13.0. The van der Waals surface area contributed by atoms with E-state index < -0.39 is 0 Å². The van der Waals surface area contributed by atoms with Crippen LogP contribution in [0, 0.1) is 5.92 Å². The number of hydrogen-bond donors (Lipinski definition) is 0. The van der Waals surface area contributed by atoms with Gasteiger partial charge >= 0.3 is 0 Å². The maximum absolute atomic E-state index is 5.89. The fourth-order valence-electron chi connectivity index (χ4n) is 2.41. The van der Waals surface area contributed by atoms with Gasteiger partial charge in [-0.1, -0.05) is 6.92 Å². The molecule has 5 heteroatoms. The number of hydrogen-bond acceptors (Lipinski definition) is 3. The third-order valence-corrected chi connectivity index (χ3v) is 3.49. The average molecular weight is 297 g/mol. The van der Waals surface area contributed by atoms with Crippen LogP contribution < -0.4 is 4.74 Å². The first kappa shape index (κ1) is 15.1. The van der Waals surface area contributed by atoms with Crippen molar-refractivity contribution >= 4 is 22.6 Å². The van der Waals surface area contributed by atoms with E-state index in [0.717, 1.165) is 42.2 Å². The number of aryl methyl sites for hydroxylation is 1. The summed E-state index contributed by atoms with van der Waals surface area (Å²) in [6, 6.07) is 5.95. The predicted octanol–water partition coefficient (Wildman–Crippen LogP) is 3.11. The number of aromatic nitrogens is 2. The molecule has 0 aliphatic rings. The van der Waals surface area contributed by atoms with Crippen molar-refractivity contribution in [3.05, 3.63) is 24.0 Å². The van der Waals surface area contributed by atoms with Gasteiger partial charge in [0.15, 0.2) is 0 Å². The highest BCUT2D eigenvalue weighted by atomic mass is 35.5. The topological polar surface area (TPSA) is 36.3 Å². The summed E-state index contributed by atoms with van der Waals surface area (Å²) in [5.74, 6) is 2.85. The van der Waals surface area contributed by atoms with E-state index in [1.54, 1.807) is 14.2 Å². The van der Waals surface area contributed by atoms with Gasteiger partial charge in [0.05, 0.1) is 24.8 Å². The molecule has 2 aromatic rings. The number of alkyl halides is 1. The summed E-state index contributed by atoms with van der Waals surface area (Å²) >= 11 is 5.89. The minimum Gasteiger partial charge on any atom is -0.497 e. The molecule has 0 bridgehead atoms. The second-order valence-corrected chi connectivity index (χ2v) is 5.37. The minimum absolute atomic E-state index is 0.415. The predicted molar refractivity (Wildman–Crippen MR) is 81.7 cm³/mol. The van der Waals surface area contributed by atoms with E-state index in [2.05, 4.69) is 16.5 Å². The molecule has 0 saturated carbocycles. The van der Waals surface area contributed by atoms with Crippen LogP contribution >= 0.6 is 11.6 Å². The molecule has 1 aromatic heterocycles. The van der Waals surface area contributed by atoms with Crippen molar-refractivity contribution in [3.8, 4) is 5.75 Å². The summed E-state index contributed by atoms with van der Waals surface area (Å²) in [7, 11) is 3.40. The second kappa shape index (κ2) is 6.95. The van der Waals surface area contributed by atoms with Gasteiger partial charge in [-0.25, -0.2) is 4.98 Å². The van der Waals surface area contributed by atoms with Crippen LogP contribution in [0.2, 0.25) is 0 Å². The van der Waals surface area contributed by atoms with Gasteiger partial charge in [-0.3, -0.25) is 0 Å². The van der Waals surface area contributed by atoms with Crippen molar-refractivity contribution in [2.75, 3.05) is 26.7 Å². The number of benzene rings is 1. The Morgan fingerprint density at radius 1 is 1.35 bits per heavy atom.